The first kappa shape index (κ1) is 16.4. The van der Waals surface area contributed by atoms with Crippen molar-refractivity contribution in [3.05, 3.63) is 48.0 Å². The van der Waals surface area contributed by atoms with Gasteiger partial charge >= 0.3 is 7.12 Å². The maximum atomic E-state index is 6.16. The van der Waals surface area contributed by atoms with E-state index in [2.05, 4.69) is 45.7 Å². The minimum absolute atomic E-state index is 0.344. The summed E-state index contributed by atoms with van der Waals surface area (Å²) in [5.41, 5.74) is 4.06. The zero-order valence-electron chi connectivity index (χ0n) is 15.3. The lowest BCUT2D eigenvalue weighted by molar-refractivity contribution is 0.00578. The standard InChI is InChI=1S/C20H22BNO3/c1-13-12-14(18-22-16-8-6-7-9-17(16)23-18)10-11-15(13)21-24-19(2,3)20(4,5)25-21/h6-12H,1-5H3. The molecule has 0 bridgehead atoms. The molecule has 0 radical (unpaired) electrons. The predicted molar refractivity (Wildman–Crippen MR) is 99.9 cm³/mol. The molecule has 2 heterocycles. The summed E-state index contributed by atoms with van der Waals surface area (Å²) in [5, 5.41) is 0. The van der Waals surface area contributed by atoms with Gasteiger partial charge in [-0.3, -0.25) is 0 Å². The van der Waals surface area contributed by atoms with Crippen molar-refractivity contribution in [3.63, 3.8) is 0 Å². The molecule has 2 aromatic carbocycles. The first-order chi connectivity index (χ1) is 11.8. The summed E-state index contributed by atoms with van der Waals surface area (Å²) in [6, 6.07) is 13.9. The van der Waals surface area contributed by atoms with E-state index in [-0.39, 0.29) is 18.3 Å². The Labute approximate surface area is 148 Å². The SMILES string of the molecule is Cc1cc(-c2nc3ccccc3o2)ccc1B1OC(C)(C)C(C)(C)O1. The Hall–Kier alpha value is -2.11. The molecule has 25 heavy (non-hydrogen) atoms. The zero-order valence-corrected chi connectivity index (χ0v) is 15.3. The Balaban J connectivity index is 1.68. The van der Waals surface area contributed by atoms with Crippen LogP contribution in [0, 0.1) is 6.92 Å². The van der Waals surface area contributed by atoms with E-state index >= 15 is 0 Å². The van der Waals surface area contributed by atoms with E-state index in [1.165, 1.54) is 0 Å². The first-order valence-electron chi connectivity index (χ1n) is 8.59. The third-order valence-corrected chi connectivity index (χ3v) is 5.32. The van der Waals surface area contributed by atoms with Crippen LogP contribution in [0.2, 0.25) is 0 Å². The van der Waals surface area contributed by atoms with E-state index in [1.54, 1.807) is 0 Å². The molecule has 0 atom stereocenters. The number of nitrogens with zero attached hydrogens (tertiary/aromatic N) is 1. The number of aryl methyl sites for hydroxylation is 1. The van der Waals surface area contributed by atoms with Crippen molar-refractivity contribution in [2.75, 3.05) is 0 Å². The van der Waals surface area contributed by atoms with Crippen LogP contribution in [0.3, 0.4) is 0 Å². The van der Waals surface area contributed by atoms with Crippen LogP contribution in [0.4, 0.5) is 0 Å². The topological polar surface area (TPSA) is 44.5 Å². The number of aromatic nitrogens is 1. The Morgan fingerprint density at radius 2 is 1.60 bits per heavy atom. The molecule has 4 nitrogen and oxygen atoms in total. The smallest absolute Gasteiger partial charge is 0.436 e. The highest BCUT2D eigenvalue weighted by atomic mass is 16.7. The Bertz CT molecular complexity index is 896. The van der Waals surface area contributed by atoms with Gasteiger partial charge in [-0.25, -0.2) is 4.98 Å². The van der Waals surface area contributed by atoms with Crippen LogP contribution < -0.4 is 5.46 Å². The van der Waals surface area contributed by atoms with E-state index in [9.17, 15) is 0 Å². The maximum absolute atomic E-state index is 6.16. The van der Waals surface area contributed by atoms with Crippen LogP contribution in [0.25, 0.3) is 22.6 Å². The summed E-state index contributed by atoms with van der Waals surface area (Å²) in [7, 11) is -0.359. The maximum Gasteiger partial charge on any atom is 0.495 e. The summed E-state index contributed by atoms with van der Waals surface area (Å²) in [4.78, 5) is 4.57. The fourth-order valence-electron chi connectivity index (χ4n) is 3.04. The molecule has 0 amide bonds. The van der Waals surface area contributed by atoms with Crippen molar-refractivity contribution in [2.45, 2.75) is 45.8 Å². The largest absolute Gasteiger partial charge is 0.495 e. The molecule has 1 fully saturated rings. The van der Waals surface area contributed by atoms with E-state index in [0.29, 0.717) is 5.89 Å². The van der Waals surface area contributed by atoms with Crippen LogP contribution in [-0.4, -0.2) is 23.3 Å². The first-order valence-corrected chi connectivity index (χ1v) is 8.59. The quantitative estimate of drug-likeness (QED) is 0.662. The van der Waals surface area contributed by atoms with Gasteiger partial charge in [0.2, 0.25) is 5.89 Å². The number of para-hydroxylation sites is 2. The van der Waals surface area contributed by atoms with Crippen molar-refractivity contribution < 1.29 is 13.7 Å². The average molecular weight is 335 g/mol. The molecule has 1 aromatic heterocycles. The average Bonchev–Trinajstić information content (AvgIpc) is 3.05. The van der Waals surface area contributed by atoms with E-state index in [1.807, 2.05) is 36.4 Å². The van der Waals surface area contributed by atoms with Crippen molar-refractivity contribution in [1.29, 1.82) is 0 Å². The van der Waals surface area contributed by atoms with Gasteiger partial charge < -0.3 is 13.7 Å². The van der Waals surface area contributed by atoms with Crippen LogP contribution in [0.5, 0.6) is 0 Å². The van der Waals surface area contributed by atoms with Crippen LogP contribution in [-0.2, 0) is 9.31 Å². The van der Waals surface area contributed by atoms with Gasteiger partial charge in [-0.15, -0.1) is 0 Å². The van der Waals surface area contributed by atoms with Gasteiger partial charge in [-0.1, -0.05) is 23.8 Å². The van der Waals surface area contributed by atoms with Gasteiger partial charge in [0.1, 0.15) is 5.52 Å². The number of rotatable bonds is 2. The molecule has 1 aliphatic rings. The molecule has 3 aromatic rings. The van der Waals surface area contributed by atoms with Crippen LogP contribution in [0.15, 0.2) is 46.9 Å². The highest BCUT2D eigenvalue weighted by Crippen LogP contribution is 2.37. The van der Waals surface area contributed by atoms with Crippen molar-refractivity contribution in [1.82, 2.24) is 4.98 Å². The third-order valence-electron chi connectivity index (χ3n) is 5.32. The van der Waals surface area contributed by atoms with Crippen molar-refractivity contribution in [3.8, 4) is 11.5 Å². The second-order valence-corrected chi connectivity index (χ2v) is 7.65. The fraction of sp³-hybridized carbons (Fsp3) is 0.350. The predicted octanol–water partition coefficient (Wildman–Crippen LogP) is 4.10. The summed E-state index contributed by atoms with van der Waals surface area (Å²) in [5.74, 6) is 0.629. The van der Waals surface area contributed by atoms with Gasteiger partial charge in [-0.05, 0) is 64.3 Å². The van der Waals surface area contributed by atoms with E-state index < -0.39 is 0 Å². The molecule has 5 heteroatoms. The molecule has 0 N–H and O–H groups in total. The lowest BCUT2D eigenvalue weighted by atomic mass is 9.76. The second-order valence-electron chi connectivity index (χ2n) is 7.65. The minimum atomic E-state index is -0.359. The molecule has 1 aliphatic heterocycles. The summed E-state index contributed by atoms with van der Waals surface area (Å²) < 4.78 is 18.2. The summed E-state index contributed by atoms with van der Waals surface area (Å²) in [6.45, 7) is 10.3. The fourth-order valence-corrected chi connectivity index (χ4v) is 3.04. The highest BCUT2D eigenvalue weighted by molar-refractivity contribution is 6.62. The molecule has 0 saturated carbocycles. The molecular formula is C20H22BNO3. The van der Waals surface area contributed by atoms with Gasteiger partial charge in [0.15, 0.2) is 5.58 Å². The highest BCUT2D eigenvalue weighted by Gasteiger charge is 2.52. The van der Waals surface area contributed by atoms with Crippen LogP contribution >= 0.6 is 0 Å². The number of hydrogen-bond acceptors (Lipinski definition) is 4. The van der Waals surface area contributed by atoms with Crippen molar-refractivity contribution >= 4 is 23.7 Å². The zero-order chi connectivity index (χ0) is 17.8. The molecule has 128 valence electrons. The van der Waals surface area contributed by atoms with Crippen molar-refractivity contribution in [2.24, 2.45) is 0 Å². The van der Waals surface area contributed by atoms with E-state index in [4.69, 9.17) is 13.7 Å². The molecule has 1 saturated heterocycles. The Kier molecular flexibility index (Phi) is 3.57. The van der Waals surface area contributed by atoms with Gasteiger partial charge in [0, 0.05) is 5.56 Å². The molecular weight excluding hydrogens is 313 g/mol. The number of benzene rings is 2. The lowest BCUT2D eigenvalue weighted by Gasteiger charge is -2.32. The summed E-state index contributed by atoms with van der Waals surface area (Å²) in [6.07, 6.45) is 0. The molecule has 4 rings (SSSR count). The minimum Gasteiger partial charge on any atom is -0.436 e. The molecule has 0 spiro atoms. The monoisotopic (exact) mass is 335 g/mol. The Morgan fingerprint density at radius 1 is 0.920 bits per heavy atom. The molecule has 0 aliphatic carbocycles. The van der Waals surface area contributed by atoms with E-state index in [0.717, 1.165) is 27.7 Å². The normalized spacial score (nSPS) is 18.8. The second kappa shape index (κ2) is 5.45. The van der Waals surface area contributed by atoms with Gasteiger partial charge in [0.05, 0.1) is 11.2 Å². The third kappa shape index (κ3) is 2.68. The molecule has 0 unspecified atom stereocenters. The number of fused-ring (bicyclic) bond motifs is 1. The van der Waals surface area contributed by atoms with Crippen LogP contribution in [0.1, 0.15) is 33.3 Å². The Morgan fingerprint density at radius 3 is 2.24 bits per heavy atom. The number of hydrogen-bond donors (Lipinski definition) is 0. The number of oxazole rings is 1. The summed E-state index contributed by atoms with van der Waals surface area (Å²) >= 11 is 0. The van der Waals surface area contributed by atoms with Gasteiger partial charge in [-0.2, -0.15) is 0 Å². The lowest BCUT2D eigenvalue weighted by Crippen LogP contribution is -2.41. The van der Waals surface area contributed by atoms with Gasteiger partial charge in [0.25, 0.3) is 0 Å².